The Morgan fingerprint density at radius 1 is 1.27 bits per heavy atom. The molecule has 0 fully saturated rings. The number of anilines is 3. The number of hydrogen-bond acceptors (Lipinski definition) is 6. The molecule has 10 nitrogen and oxygen atoms in total. The highest BCUT2D eigenvalue weighted by Crippen LogP contribution is 2.24. The van der Waals surface area contributed by atoms with Crippen molar-refractivity contribution in [1.82, 2.24) is 30.3 Å². The Morgan fingerprint density at radius 2 is 2.10 bits per heavy atom. The smallest absolute Gasteiger partial charge is 0.320 e. The minimum Gasteiger partial charge on any atom is -0.382 e. The molecule has 4 aromatic rings. The van der Waals surface area contributed by atoms with Crippen molar-refractivity contribution in [2.75, 3.05) is 24.4 Å². The van der Waals surface area contributed by atoms with Gasteiger partial charge in [-0.3, -0.25) is 15.1 Å². The minimum absolute atomic E-state index is 0.276. The fourth-order valence-corrected chi connectivity index (χ4v) is 3.08. The van der Waals surface area contributed by atoms with Gasteiger partial charge in [0.2, 0.25) is 0 Å². The Balaban J connectivity index is 1.45. The lowest BCUT2D eigenvalue weighted by atomic mass is 10.1. The summed E-state index contributed by atoms with van der Waals surface area (Å²) in [4.78, 5) is 16.8. The number of aryl methyl sites for hydroxylation is 1. The third kappa shape index (κ3) is 4.39. The summed E-state index contributed by atoms with van der Waals surface area (Å²) in [6.45, 7) is 0.355. The monoisotopic (exact) mass is 406 g/mol. The Kier molecular flexibility index (Phi) is 5.57. The Morgan fingerprint density at radius 3 is 2.83 bits per heavy atom. The van der Waals surface area contributed by atoms with Gasteiger partial charge < -0.3 is 15.4 Å². The molecule has 0 saturated heterocycles. The third-order valence-corrected chi connectivity index (χ3v) is 4.50. The third-order valence-electron chi connectivity index (χ3n) is 4.50. The van der Waals surface area contributed by atoms with Gasteiger partial charge in [-0.15, -0.1) is 0 Å². The molecule has 10 heteroatoms. The fraction of sp³-hybridized carbons (Fsp3) is 0.200. The van der Waals surface area contributed by atoms with Crippen LogP contribution in [-0.4, -0.2) is 44.7 Å². The van der Waals surface area contributed by atoms with Crippen LogP contribution < -0.4 is 16.0 Å². The second-order valence-corrected chi connectivity index (χ2v) is 6.73. The van der Waals surface area contributed by atoms with E-state index in [1.807, 2.05) is 43.6 Å². The molecular weight excluding hydrogens is 384 g/mol. The maximum atomic E-state index is 12.5. The number of nitrogens with one attached hydrogen (secondary N) is 4. The van der Waals surface area contributed by atoms with E-state index in [1.54, 1.807) is 30.3 Å². The molecule has 4 rings (SSSR count). The summed E-state index contributed by atoms with van der Waals surface area (Å²) in [5, 5.41) is 21.0. The Labute approximate surface area is 172 Å². The van der Waals surface area contributed by atoms with E-state index in [9.17, 15) is 4.79 Å². The van der Waals surface area contributed by atoms with Crippen LogP contribution in [0.4, 0.5) is 22.1 Å². The standard InChI is InChI=1S/C20H22N8O2/c1-28-11-14(9-22-28)23-19-15-10-21-18(8-16(15)26-27-19)25-20(29)24-17(12-30-2)13-6-4-3-5-7-13/h3-11,17H,12H2,1-2H3,(H2,23,26,27)(H2,21,24,25,29). The zero-order valence-electron chi connectivity index (χ0n) is 16.6. The van der Waals surface area contributed by atoms with E-state index < -0.39 is 0 Å². The molecule has 4 N–H and O–H groups in total. The Bertz CT molecular complexity index is 1140. The van der Waals surface area contributed by atoms with Crippen molar-refractivity contribution >= 4 is 34.3 Å². The highest BCUT2D eigenvalue weighted by Gasteiger charge is 2.15. The van der Waals surface area contributed by atoms with Crippen LogP contribution in [0.5, 0.6) is 0 Å². The summed E-state index contributed by atoms with van der Waals surface area (Å²) >= 11 is 0. The molecule has 0 spiro atoms. The number of rotatable bonds is 7. The van der Waals surface area contributed by atoms with Gasteiger partial charge in [0.25, 0.3) is 0 Å². The molecule has 3 aromatic heterocycles. The predicted octanol–water partition coefficient (Wildman–Crippen LogP) is 2.94. The molecular formula is C20H22N8O2. The number of ether oxygens (including phenoxy) is 1. The first-order chi connectivity index (χ1) is 14.6. The number of aromatic amines is 1. The number of H-pyrrole nitrogens is 1. The first-order valence-corrected chi connectivity index (χ1v) is 9.33. The van der Waals surface area contributed by atoms with E-state index in [0.29, 0.717) is 18.2 Å². The molecule has 0 aliphatic rings. The van der Waals surface area contributed by atoms with Crippen LogP contribution in [0.25, 0.3) is 10.9 Å². The van der Waals surface area contributed by atoms with Crippen molar-refractivity contribution in [1.29, 1.82) is 0 Å². The molecule has 0 radical (unpaired) electrons. The molecule has 0 aliphatic carbocycles. The van der Waals surface area contributed by atoms with Crippen molar-refractivity contribution in [3.8, 4) is 0 Å². The quantitative estimate of drug-likeness (QED) is 0.374. The molecule has 0 bridgehead atoms. The zero-order valence-corrected chi connectivity index (χ0v) is 16.6. The molecule has 1 atom stereocenters. The number of methoxy groups -OCH3 is 1. The molecule has 1 aromatic carbocycles. The van der Waals surface area contributed by atoms with Crippen molar-refractivity contribution in [2.24, 2.45) is 7.05 Å². The largest absolute Gasteiger partial charge is 0.382 e. The highest BCUT2D eigenvalue weighted by molar-refractivity contribution is 5.95. The molecule has 0 saturated carbocycles. The number of amides is 2. The van der Waals surface area contributed by atoms with Gasteiger partial charge in [0, 0.05) is 32.6 Å². The summed E-state index contributed by atoms with van der Waals surface area (Å²) in [7, 11) is 3.44. The van der Waals surface area contributed by atoms with Crippen LogP contribution in [0.3, 0.4) is 0 Å². The summed E-state index contributed by atoms with van der Waals surface area (Å²) in [5.74, 6) is 1.03. The first kappa shape index (κ1) is 19.4. The maximum absolute atomic E-state index is 12.5. The van der Waals surface area contributed by atoms with Crippen LogP contribution in [0.2, 0.25) is 0 Å². The van der Waals surface area contributed by atoms with E-state index in [-0.39, 0.29) is 12.1 Å². The number of hydrogen-bond donors (Lipinski definition) is 4. The number of aromatic nitrogens is 5. The lowest BCUT2D eigenvalue weighted by Gasteiger charge is -2.18. The highest BCUT2D eigenvalue weighted by atomic mass is 16.5. The van der Waals surface area contributed by atoms with E-state index in [0.717, 1.165) is 22.2 Å². The van der Waals surface area contributed by atoms with E-state index in [1.165, 1.54) is 0 Å². The Hall–Kier alpha value is -3.92. The number of benzene rings is 1. The van der Waals surface area contributed by atoms with Crippen LogP contribution in [0, 0.1) is 0 Å². The van der Waals surface area contributed by atoms with Crippen molar-refractivity contribution < 1.29 is 9.53 Å². The second-order valence-electron chi connectivity index (χ2n) is 6.73. The zero-order chi connectivity index (χ0) is 20.9. The van der Waals surface area contributed by atoms with Crippen LogP contribution in [0.15, 0.2) is 55.0 Å². The normalized spacial score (nSPS) is 11.9. The number of carbonyl (C=O) groups excluding carboxylic acids is 1. The summed E-state index contributed by atoms with van der Waals surface area (Å²) in [5.41, 5.74) is 2.51. The van der Waals surface area contributed by atoms with Crippen molar-refractivity contribution in [3.05, 3.63) is 60.6 Å². The number of carbonyl (C=O) groups is 1. The SMILES string of the molecule is COCC(NC(=O)Nc1cc2[nH]nc(Nc3cnn(C)c3)c2cn1)c1ccccc1. The molecule has 30 heavy (non-hydrogen) atoms. The molecule has 2 amide bonds. The van der Waals surface area contributed by atoms with Gasteiger partial charge in [-0.25, -0.2) is 9.78 Å². The molecule has 154 valence electrons. The van der Waals surface area contributed by atoms with Gasteiger partial charge in [0.05, 0.1) is 35.4 Å². The number of fused-ring (bicyclic) bond motifs is 1. The first-order valence-electron chi connectivity index (χ1n) is 9.33. The fourth-order valence-electron chi connectivity index (χ4n) is 3.08. The lowest BCUT2D eigenvalue weighted by molar-refractivity contribution is 0.168. The van der Waals surface area contributed by atoms with Gasteiger partial charge in [0.15, 0.2) is 5.82 Å². The second kappa shape index (κ2) is 8.62. The summed E-state index contributed by atoms with van der Waals surface area (Å²) in [6.07, 6.45) is 5.20. The van der Waals surface area contributed by atoms with Gasteiger partial charge in [-0.2, -0.15) is 10.2 Å². The lowest BCUT2D eigenvalue weighted by Crippen LogP contribution is -2.35. The van der Waals surface area contributed by atoms with Crippen LogP contribution >= 0.6 is 0 Å². The van der Waals surface area contributed by atoms with Gasteiger partial charge in [0.1, 0.15) is 5.82 Å². The van der Waals surface area contributed by atoms with Gasteiger partial charge in [-0.1, -0.05) is 30.3 Å². The molecule has 0 aliphatic heterocycles. The van der Waals surface area contributed by atoms with Gasteiger partial charge >= 0.3 is 6.03 Å². The summed E-state index contributed by atoms with van der Waals surface area (Å²) in [6, 6.07) is 10.7. The van der Waals surface area contributed by atoms with E-state index in [2.05, 4.69) is 36.2 Å². The maximum Gasteiger partial charge on any atom is 0.320 e. The van der Waals surface area contributed by atoms with Crippen LogP contribution in [0.1, 0.15) is 11.6 Å². The average Bonchev–Trinajstić information content (AvgIpc) is 3.34. The van der Waals surface area contributed by atoms with Crippen LogP contribution in [-0.2, 0) is 11.8 Å². The predicted molar refractivity (Wildman–Crippen MR) is 114 cm³/mol. The number of nitrogens with zero attached hydrogens (tertiary/aromatic N) is 4. The average molecular weight is 406 g/mol. The minimum atomic E-state index is -0.374. The summed E-state index contributed by atoms with van der Waals surface area (Å²) < 4.78 is 6.93. The number of pyridine rings is 1. The van der Waals surface area contributed by atoms with E-state index in [4.69, 9.17) is 4.74 Å². The van der Waals surface area contributed by atoms with E-state index >= 15 is 0 Å². The van der Waals surface area contributed by atoms with Gasteiger partial charge in [-0.05, 0) is 5.56 Å². The van der Waals surface area contributed by atoms with Crippen molar-refractivity contribution in [3.63, 3.8) is 0 Å². The number of urea groups is 1. The topological polar surface area (TPSA) is 122 Å². The molecule has 1 unspecified atom stereocenters. The van der Waals surface area contributed by atoms with Crippen molar-refractivity contribution in [2.45, 2.75) is 6.04 Å². The molecule has 3 heterocycles.